The maximum atomic E-state index is 3.56. The molecule has 0 saturated carbocycles. The first-order valence-corrected chi connectivity index (χ1v) is 6.33. The van der Waals surface area contributed by atoms with Gasteiger partial charge in [0.05, 0.1) is 0 Å². The van der Waals surface area contributed by atoms with Gasteiger partial charge in [0.25, 0.3) is 0 Å². The number of hydrogen-bond acceptors (Lipinski definition) is 0. The molecule has 0 aliphatic carbocycles. The van der Waals surface area contributed by atoms with Crippen LogP contribution in [0.2, 0.25) is 0 Å². The van der Waals surface area contributed by atoms with Crippen molar-refractivity contribution in [3.05, 3.63) is 35.4 Å². The van der Waals surface area contributed by atoms with Crippen LogP contribution in [0.4, 0.5) is 0 Å². The van der Waals surface area contributed by atoms with Crippen LogP contribution in [0.3, 0.4) is 0 Å². The number of benzene rings is 1. The molecule has 1 aromatic carbocycles. The standard InChI is InChI=1S/C13H19Br/c1-4-11-6-5-7-12(8-11)9-13(2,3)10-14/h5-8H,4,9-10H2,1-3H3. The molecule has 0 amide bonds. The molecular formula is C13H19Br. The summed E-state index contributed by atoms with van der Waals surface area (Å²) in [4.78, 5) is 0. The molecule has 0 spiro atoms. The van der Waals surface area contributed by atoms with Crippen LogP contribution < -0.4 is 0 Å². The van der Waals surface area contributed by atoms with Gasteiger partial charge in [-0.2, -0.15) is 0 Å². The highest BCUT2D eigenvalue weighted by molar-refractivity contribution is 9.09. The molecule has 0 N–H and O–H groups in total. The van der Waals surface area contributed by atoms with Crippen molar-refractivity contribution in [2.75, 3.05) is 5.33 Å². The zero-order valence-electron chi connectivity index (χ0n) is 9.31. The monoisotopic (exact) mass is 254 g/mol. The largest absolute Gasteiger partial charge is 0.0922 e. The fourth-order valence-electron chi connectivity index (χ4n) is 1.56. The molecule has 1 rings (SSSR count). The molecule has 0 fully saturated rings. The maximum absolute atomic E-state index is 3.56. The third kappa shape index (κ3) is 3.45. The lowest BCUT2D eigenvalue weighted by Crippen LogP contribution is -2.16. The lowest BCUT2D eigenvalue weighted by molar-refractivity contribution is 0.425. The number of hydrogen-bond donors (Lipinski definition) is 0. The third-order valence-corrected chi connectivity index (χ3v) is 3.96. The Labute approximate surface area is 95.9 Å². The second-order valence-corrected chi connectivity index (χ2v) is 5.21. The molecule has 14 heavy (non-hydrogen) atoms. The summed E-state index contributed by atoms with van der Waals surface area (Å²) in [6, 6.07) is 8.91. The summed E-state index contributed by atoms with van der Waals surface area (Å²) < 4.78 is 0. The molecule has 0 aromatic heterocycles. The predicted octanol–water partition coefficient (Wildman–Crippen LogP) is 4.21. The summed E-state index contributed by atoms with van der Waals surface area (Å²) in [5, 5.41) is 1.05. The molecule has 0 aliphatic rings. The van der Waals surface area contributed by atoms with Gasteiger partial charge in [-0.25, -0.2) is 0 Å². The summed E-state index contributed by atoms with van der Waals surface area (Å²) in [6.07, 6.45) is 2.27. The zero-order chi connectivity index (χ0) is 10.6. The van der Waals surface area contributed by atoms with Crippen LogP contribution in [-0.4, -0.2) is 5.33 Å². The van der Waals surface area contributed by atoms with Gasteiger partial charge in [0.2, 0.25) is 0 Å². The van der Waals surface area contributed by atoms with Crippen LogP contribution in [0.1, 0.15) is 31.9 Å². The van der Waals surface area contributed by atoms with Gasteiger partial charge in [0, 0.05) is 5.33 Å². The molecule has 0 bridgehead atoms. The lowest BCUT2D eigenvalue weighted by atomic mass is 9.87. The van der Waals surface area contributed by atoms with Crippen molar-refractivity contribution >= 4 is 15.9 Å². The van der Waals surface area contributed by atoms with Crippen LogP contribution in [0.25, 0.3) is 0 Å². The van der Waals surface area contributed by atoms with E-state index >= 15 is 0 Å². The van der Waals surface area contributed by atoms with Crippen molar-refractivity contribution in [3.8, 4) is 0 Å². The van der Waals surface area contributed by atoms with E-state index in [-0.39, 0.29) is 0 Å². The van der Waals surface area contributed by atoms with Gasteiger partial charge in [0.1, 0.15) is 0 Å². The van der Waals surface area contributed by atoms with Gasteiger partial charge in [-0.05, 0) is 29.4 Å². The molecule has 0 saturated heterocycles. The van der Waals surface area contributed by atoms with E-state index in [1.807, 2.05) is 0 Å². The van der Waals surface area contributed by atoms with E-state index in [0.29, 0.717) is 5.41 Å². The Kier molecular flexibility index (Phi) is 4.18. The van der Waals surface area contributed by atoms with Gasteiger partial charge < -0.3 is 0 Å². The van der Waals surface area contributed by atoms with Crippen molar-refractivity contribution in [1.29, 1.82) is 0 Å². The summed E-state index contributed by atoms with van der Waals surface area (Å²) >= 11 is 3.56. The van der Waals surface area contributed by atoms with Crippen LogP contribution in [0, 0.1) is 5.41 Å². The van der Waals surface area contributed by atoms with Crippen molar-refractivity contribution in [3.63, 3.8) is 0 Å². The average Bonchev–Trinajstić information content (AvgIpc) is 2.17. The van der Waals surface area contributed by atoms with E-state index in [1.165, 1.54) is 11.1 Å². The molecule has 0 unspecified atom stereocenters. The van der Waals surface area contributed by atoms with Gasteiger partial charge >= 0.3 is 0 Å². The smallest absolute Gasteiger partial charge is 0.00858 e. The van der Waals surface area contributed by atoms with Gasteiger partial charge in [0.15, 0.2) is 0 Å². The molecule has 0 nitrogen and oxygen atoms in total. The fraction of sp³-hybridized carbons (Fsp3) is 0.538. The number of rotatable bonds is 4. The van der Waals surface area contributed by atoms with Crippen molar-refractivity contribution < 1.29 is 0 Å². The molecule has 78 valence electrons. The van der Waals surface area contributed by atoms with E-state index in [1.54, 1.807) is 0 Å². The van der Waals surface area contributed by atoms with Crippen LogP contribution >= 0.6 is 15.9 Å². The number of aryl methyl sites for hydroxylation is 1. The van der Waals surface area contributed by atoms with Gasteiger partial charge in [-0.15, -0.1) is 0 Å². The Hall–Kier alpha value is -0.300. The Morgan fingerprint density at radius 1 is 1.21 bits per heavy atom. The van der Waals surface area contributed by atoms with Crippen molar-refractivity contribution in [1.82, 2.24) is 0 Å². The lowest BCUT2D eigenvalue weighted by Gasteiger charge is -2.21. The van der Waals surface area contributed by atoms with Crippen LogP contribution in [0.15, 0.2) is 24.3 Å². The van der Waals surface area contributed by atoms with E-state index in [2.05, 4.69) is 61.0 Å². The van der Waals surface area contributed by atoms with E-state index in [4.69, 9.17) is 0 Å². The van der Waals surface area contributed by atoms with Crippen molar-refractivity contribution in [2.24, 2.45) is 5.41 Å². The normalized spacial score (nSPS) is 11.7. The number of alkyl halides is 1. The third-order valence-electron chi connectivity index (χ3n) is 2.44. The minimum absolute atomic E-state index is 0.354. The molecule has 0 atom stereocenters. The quantitative estimate of drug-likeness (QED) is 0.707. The fourth-order valence-corrected chi connectivity index (χ4v) is 1.76. The molecule has 0 radical (unpaired) electrons. The SMILES string of the molecule is CCc1cccc(CC(C)(C)CBr)c1. The first kappa shape index (κ1) is 11.8. The highest BCUT2D eigenvalue weighted by atomic mass is 79.9. The summed E-state index contributed by atoms with van der Waals surface area (Å²) in [6.45, 7) is 6.79. The topological polar surface area (TPSA) is 0 Å². The Morgan fingerprint density at radius 3 is 2.43 bits per heavy atom. The van der Waals surface area contributed by atoms with E-state index in [9.17, 15) is 0 Å². The summed E-state index contributed by atoms with van der Waals surface area (Å²) in [5.41, 5.74) is 3.24. The van der Waals surface area contributed by atoms with Crippen molar-refractivity contribution in [2.45, 2.75) is 33.6 Å². The minimum Gasteiger partial charge on any atom is -0.0922 e. The molecular weight excluding hydrogens is 236 g/mol. The maximum Gasteiger partial charge on any atom is 0.00858 e. The minimum atomic E-state index is 0.354. The number of halogens is 1. The second-order valence-electron chi connectivity index (χ2n) is 4.65. The Morgan fingerprint density at radius 2 is 1.86 bits per heavy atom. The van der Waals surface area contributed by atoms with E-state index in [0.717, 1.165) is 18.2 Å². The molecule has 1 aromatic rings. The van der Waals surface area contributed by atoms with Crippen LogP contribution in [-0.2, 0) is 12.8 Å². The van der Waals surface area contributed by atoms with Gasteiger partial charge in [-0.3, -0.25) is 0 Å². The average molecular weight is 255 g/mol. The second kappa shape index (κ2) is 4.97. The first-order valence-electron chi connectivity index (χ1n) is 5.21. The Balaban J connectivity index is 2.76. The highest BCUT2D eigenvalue weighted by Crippen LogP contribution is 2.24. The zero-order valence-corrected chi connectivity index (χ0v) is 10.9. The summed E-state index contributed by atoms with van der Waals surface area (Å²) in [5.74, 6) is 0. The first-order chi connectivity index (χ1) is 6.57. The van der Waals surface area contributed by atoms with E-state index < -0.39 is 0 Å². The molecule has 1 heteroatoms. The predicted molar refractivity (Wildman–Crippen MR) is 67.1 cm³/mol. The van der Waals surface area contributed by atoms with Gasteiger partial charge in [-0.1, -0.05) is 61.0 Å². The molecule has 0 heterocycles. The summed E-state index contributed by atoms with van der Waals surface area (Å²) in [7, 11) is 0. The van der Waals surface area contributed by atoms with Crippen LogP contribution in [0.5, 0.6) is 0 Å². The highest BCUT2D eigenvalue weighted by Gasteiger charge is 2.16. The molecule has 0 aliphatic heterocycles. The Bertz CT molecular complexity index is 289.